The molecule has 2 aromatic heterocycles. The number of carbonyl (C=O) groups is 3. The van der Waals surface area contributed by atoms with E-state index in [1.54, 1.807) is 36.5 Å². The first-order chi connectivity index (χ1) is 13.9. The summed E-state index contributed by atoms with van der Waals surface area (Å²) in [4.78, 5) is 40.1. The van der Waals surface area contributed by atoms with Gasteiger partial charge in [-0.25, -0.2) is 9.78 Å². The third kappa shape index (κ3) is 4.78. The summed E-state index contributed by atoms with van der Waals surface area (Å²) < 4.78 is 7.11. The van der Waals surface area contributed by atoms with Crippen LogP contribution in [-0.4, -0.2) is 33.8 Å². The summed E-state index contributed by atoms with van der Waals surface area (Å²) >= 11 is 1.48. The maximum absolute atomic E-state index is 12.6. The number of ketones is 1. The van der Waals surface area contributed by atoms with Gasteiger partial charge in [0.25, 0.3) is 0 Å². The van der Waals surface area contributed by atoms with Gasteiger partial charge >= 0.3 is 5.97 Å². The minimum absolute atomic E-state index is 0.124. The Hall–Kier alpha value is -3.26. The second-order valence-corrected chi connectivity index (χ2v) is 7.41. The van der Waals surface area contributed by atoms with Gasteiger partial charge in [0.2, 0.25) is 11.7 Å². The summed E-state index contributed by atoms with van der Waals surface area (Å²) in [6, 6.07) is 8.46. The van der Waals surface area contributed by atoms with Crippen LogP contribution in [-0.2, 0) is 16.1 Å². The Balaban J connectivity index is 1.63. The zero-order valence-corrected chi connectivity index (χ0v) is 17.2. The standard InChI is InChI=1S/C21H21N3O4S/c1-13-10-18(14(2)24(13)21-22-8-9-29-21)19(26)12-28-20(27)17-6-4-16(5-7-17)11-23-15(3)25/h4-10H,11-12H2,1-3H3,(H,23,25). The van der Waals surface area contributed by atoms with E-state index in [-0.39, 0.29) is 18.3 Å². The van der Waals surface area contributed by atoms with E-state index in [1.165, 1.54) is 18.3 Å². The lowest BCUT2D eigenvalue weighted by molar-refractivity contribution is -0.119. The highest BCUT2D eigenvalue weighted by molar-refractivity contribution is 7.12. The van der Waals surface area contributed by atoms with E-state index >= 15 is 0 Å². The molecule has 0 radical (unpaired) electrons. The van der Waals surface area contributed by atoms with E-state index in [0.717, 1.165) is 22.1 Å². The average molecular weight is 411 g/mol. The monoisotopic (exact) mass is 411 g/mol. The second-order valence-electron chi connectivity index (χ2n) is 6.54. The van der Waals surface area contributed by atoms with Crippen LogP contribution < -0.4 is 5.32 Å². The summed E-state index contributed by atoms with van der Waals surface area (Å²) in [5.74, 6) is -0.962. The second kappa shape index (κ2) is 8.83. The molecule has 7 nitrogen and oxygen atoms in total. The summed E-state index contributed by atoms with van der Waals surface area (Å²) in [6.07, 6.45) is 1.71. The SMILES string of the molecule is CC(=O)NCc1ccc(C(=O)OCC(=O)c2cc(C)n(-c3nccs3)c2C)cc1. The number of rotatable bonds is 7. The minimum Gasteiger partial charge on any atom is -0.454 e. The lowest BCUT2D eigenvalue weighted by atomic mass is 10.1. The highest BCUT2D eigenvalue weighted by atomic mass is 32.1. The van der Waals surface area contributed by atoms with Crippen LogP contribution in [0.25, 0.3) is 5.13 Å². The van der Waals surface area contributed by atoms with E-state index in [9.17, 15) is 14.4 Å². The molecule has 0 saturated heterocycles. The fraction of sp³-hybridized carbons (Fsp3) is 0.238. The number of aromatic nitrogens is 2. The molecule has 150 valence electrons. The van der Waals surface area contributed by atoms with Gasteiger partial charge in [0.05, 0.1) is 5.56 Å². The van der Waals surface area contributed by atoms with Gasteiger partial charge in [0.1, 0.15) is 0 Å². The number of ether oxygens (including phenoxy) is 1. The smallest absolute Gasteiger partial charge is 0.338 e. The third-order valence-electron chi connectivity index (χ3n) is 4.41. The van der Waals surface area contributed by atoms with Crippen LogP contribution in [0.2, 0.25) is 0 Å². The van der Waals surface area contributed by atoms with Gasteiger partial charge in [-0.2, -0.15) is 0 Å². The number of hydrogen-bond donors (Lipinski definition) is 1. The fourth-order valence-corrected chi connectivity index (χ4v) is 3.69. The molecule has 0 atom stereocenters. The summed E-state index contributed by atoms with van der Waals surface area (Å²) in [7, 11) is 0. The Morgan fingerprint density at radius 3 is 2.52 bits per heavy atom. The number of benzene rings is 1. The first-order valence-corrected chi connectivity index (χ1v) is 9.87. The van der Waals surface area contributed by atoms with Gasteiger partial charge in [-0.05, 0) is 37.6 Å². The van der Waals surface area contributed by atoms with E-state index in [2.05, 4.69) is 10.3 Å². The van der Waals surface area contributed by atoms with Crippen LogP contribution >= 0.6 is 11.3 Å². The lowest BCUT2D eigenvalue weighted by Gasteiger charge is -2.07. The Bertz CT molecular complexity index is 1040. The van der Waals surface area contributed by atoms with Crippen LogP contribution in [0, 0.1) is 13.8 Å². The Morgan fingerprint density at radius 1 is 1.17 bits per heavy atom. The number of Topliss-reactive ketones (excluding diaryl/α,β-unsaturated/α-hetero) is 1. The van der Waals surface area contributed by atoms with Gasteiger partial charge in [-0.15, -0.1) is 11.3 Å². The van der Waals surface area contributed by atoms with E-state index in [1.807, 2.05) is 23.8 Å². The maximum Gasteiger partial charge on any atom is 0.338 e. The Kier molecular flexibility index (Phi) is 6.23. The molecule has 0 aliphatic heterocycles. The number of hydrogen-bond acceptors (Lipinski definition) is 6. The largest absolute Gasteiger partial charge is 0.454 e. The number of nitrogens with zero attached hydrogens (tertiary/aromatic N) is 2. The zero-order chi connectivity index (χ0) is 21.0. The van der Waals surface area contributed by atoms with Crippen molar-refractivity contribution in [1.82, 2.24) is 14.9 Å². The minimum atomic E-state index is -0.571. The molecule has 1 aromatic carbocycles. The Labute approximate surface area is 172 Å². The number of aryl methyl sites for hydroxylation is 1. The molecular formula is C21H21N3O4S. The predicted molar refractivity (Wildman–Crippen MR) is 109 cm³/mol. The molecule has 29 heavy (non-hydrogen) atoms. The van der Waals surface area contributed by atoms with E-state index in [4.69, 9.17) is 4.74 Å². The summed E-state index contributed by atoms with van der Waals surface area (Å²) in [6.45, 7) is 5.24. The van der Waals surface area contributed by atoms with Crippen LogP contribution in [0.5, 0.6) is 0 Å². The number of amides is 1. The van der Waals surface area contributed by atoms with Gasteiger partial charge in [-0.1, -0.05) is 12.1 Å². The van der Waals surface area contributed by atoms with Crippen molar-refractivity contribution >= 4 is 29.0 Å². The molecule has 0 bridgehead atoms. The number of esters is 1. The molecule has 0 saturated carbocycles. The van der Waals surface area contributed by atoms with Crippen molar-refractivity contribution in [3.8, 4) is 5.13 Å². The molecule has 1 N–H and O–H groups in total. The van der Waals surface area contributed by atoms with Crippen molar-refractivity contribution in [3.63, 3.8) is 0 Å². The molecule has 3 rings (SSSR count). The van der Waals surface area contributed by atoms with Crippen molar-refractivity contribution in [1.29, 1.82) is 0 Å². The summed E-state index contributed by atoms with van der Waals surface area (Å²) in [5.41, 5.74) is 3.37. The summed E-state index contributed by atoms with van der Waals surface area (Å²) in [5, 5.41) is 5.35. The molecular weight excluding hydrogens is 390 g/mol. The quantitative estimate of drug-likeness (QED) is 0.476. The first-order valence-electron chi connectivity index (χ1n) is 8.99. The molecule has 0 unspecified atom stereocenters. The van der Waals surface area contributed by atoms with Gasteiger partial charge in [0, 0.05) is 42.0 Å². The molecule has 0 aliphatic carbocycles. The highest BCUT2D eigenvalue weighted by Gasteiger charge is 2.19. The normalized spacial score (nSPS) is 10.6. The number of carbonyl (C=O) groups excluding carboxylic acids is 3. The zero-order valence-electron chi connectivity index (χ0n) is 16.4. The van der Waals surface area contributed by atoms with Crippen LogP contribution in [0.15, 0.2) is 41.9 Å². The van der Waals surface area contributed by atoms with Gasteiger partial charge in [0.15, 0.2) is 11.7 Å². The third-order valence-corrected chi connectivity index (χ3v) is 5.16. The highest BCUT2D eigenvalue weighted by Crippen LogP contribution is 2.22. The maximum atomic E-state index is 12.6. The van der Waals surface area contributed by atoms with Crippen molar-refractivity contribution in [3.05, 3.63) is 70.0 Å². The first kappa shape index (κ1) is 20.5. The van der Waals surface area contributed by atoms with Crippen molar-refractivity contribution in [2.75, 3.05) is 6.61 Å². The fourth-order valence-electron chi connectivity index (χ4n) is 2.94. The Morgan fingerprint density at radius 2 is 1.90 bits per heavy atom. The number of thiazole rings is 1. The molecule has 2 heterocycles. The average Bonchev–Trinajstić information content (AvgIpc) is 3.32. The molecule has 0 aliphatic rings. The molecule has 8 heteroatoms. The van der Waals surface area contributed by atoms with Gasteiger partial charge < -0.3 is 10.1 Å². The molecule has 0 fully saturated rings. The van der Waals surface area contributed by atoms with Crippen LogP contribution in [0.4, 0.5) is 0 Å². The molecule has 0 spiro atoms. The lowest BCUT2D eigenvalue weighted by Crippen LogP contribution is -2.19. The van der Waals surface area contributed by atoms with Crippen molar-refractivity contribution < 1.29 is 19.1 Å². The van der Waals surface area contributed by atoms with Crippen molar-refractivity contribution in [2.24, 2.45) is 0 Å². The topological polar surface area (TPSA) is 90.3 Å². The van der Waals surface area contributed by atoms with E-state index in [0.29, 0.717) is 17.7 Å². The van der Waals surface area contributed by atoms with Gasteiger partial charge in [-0.3, -0.25) is 14.2 Å². The van der Waals surface area contributed by atoms with Crippen LogP contribution in [0.3, 0.4) is 0 Å². The van der Waals surface area contributed by atoms with E-state index < -0.39 is 5.97 Å². The van der Waals surface area contributed by atoms with Crippen LogP contribution in [0.1, 0.15) is 44.6 Å². The molecule has 1 amide bonds. The molecule has 3 aromatic rings. The number of nitrogens with one attached hydrogen (secondary N) is 1. The van der Waals surface area contributed by atoms with Crippen molar-refractivity contribution in [2.45, 2.75) is 27.3 Å². The predicted octanol–water partition coefficient (Wildman–Crippen LogP) is 3.23.